The van der Waals surface area contributed by atoms with E-state index in [9.17, 15) is 9.90 Å². The highest BCUT2D eigenvalue weighted by Crippen LogP contribution is 2.45. The van der Waals surface area contributed by atoms with Gasteiger partial charge in [0.15, 0.2) is 5.79 Å². The second-order valence-electron chi connectivity index (χ2n) is 6.10. The van der Waals surface area contributed by atoms with Crippen LogP contribution < -0.4 is 0 Å². The van der Waals surface area contributed by atoms with Gasteiger partial charge in [0.2, 0.25) is 0 Å². The molecular weight excluding hydrogens is 308 g/mol. The first-order valence-electron chi connectivity index (χ1n) is 15.5. The summed E-state index contributed by atoms with van der Waals surface area (Å²) in [6.07, 6.45) is -26.1. The zero-order valence-corrected chi connectivity index (χ0v) is 13.1. The smallest absolute Gasteiger partial charge is 0.306 e. The summed E-state index contributed by atoms with van der Waals surface area (Å²) in [6.45, 7) is -4.29. The molecule has 3 rings (SSSR count). The van der Waals surface area contributed by atoms with Crippen molar-refractivity contribution in [3.05, 3.63) is 0 Å². The van der Waals surface area contributed by atoms with E-state index in [1.54, 1.807) is 0 Å². The van der Waals surface area contributed by atoms with Gasteiger partial charge in [0.25, 0.3) is 0 Å². The molecule has 0 aromatic rings. The molecular formula is C19H32O5. The molecule has 1 saturated carbocycles. The van der Waals surface area contributed by atoms with E-state index < -0.39 is 87.3 Å². The average molecular weight is 356 g/mol. The number of carbonyl (C=O) groups is 1. The van der Waals surface area contributed by atoms with Gasteiger partial charge in [0, 0.05) is 45.7 Å². The highest BCUT2D eigenvalue weighted by molar-refractivity contribution is 5.72. The van der Waals surface area contributed by atoms with Crippen LogP contribution in [0.1, 0.15) is 91.3 Å². The summed E-state index contributed by atoms with van der Waals surface area (Å²) in [7, 11) is 0. The van der Waals surface area contributed by atoms with E-state index in [1.165, 1.54) is 0 Å². The number of aliphatic hydroxyl groups is 1. The standard InChI is InChI=1S/C19H32O5/c1-2-3-4-5-6-8-19(22-10-11-23-19)9-7-14-15-12-18(21)24-17(15)13-16(14)20/h14-17,20H,2-13H2,1H3/t14-,15-,16-,17+/m1/s1/i1D3,2D2,3D2,4D2,5D2,6D2,8D2. The van der Waals surface area contributed by atoms with Gasteiger partial charge in [-0.3, -0.25) is 4.79 Å². The third-order valence-electron chi connectivity index (χ3n) is 4.74. The summed E-state index contributed by atoms with van der Waals surface area (Å²) in [5.74, 6) is -4.00. The zero-order valence-electron chi connectivity index (χ0n) is 28.1. The summed E-state index contributed by atoms with van der Waals surface area (Å²) in [5, 5.41) is 10.5. The van der Waals surface area contributed by atoms with Gasteiger partial charge in [0.05, 0.1) is 25.7 Å². The van der Waals surface area contributed by atoms with Crippen LogP contribution in [0.2, 0.25) is 0 Å². The monoisotopic (exact) mass is 355 g/mol. The van der Waals surface area contributed by atoms with Gasteiger partial charge in [-0.25, -0.2) is 0 Å². The Morgan fingerprint density at radius 1 is 1.29 bits per heavy atom. The van der Waals surface area contributed by atoms with E-state index in [0.29, 0.717) is 0 Å². The fourth-order valence-electron chi connectivity index (χ4n) is 3.69. The lowest BCUT2D eigenvalue weighted by atomic mass is 9.86. The Kier molecular flexibility index (Phi) is 2.43. The third-order valence-corrected chi connectivity index (χ3v) is 4.74. The maximum Gasteiger partial charge on any atom is 0.306 e. The van der Waals surface area contributed by atoms with Crippen LogP contribution in [-0.4, -0.2) is 42.3 Å². The minimum absolute atomic E-state index is 0.0121. The second-order valence-corrected chi connectivity index (χ2v) is 6.10. The van der Waals surface area contributed by atoms with Gasteiger partial charge >= 0.3 is 5.97 Å². The van der Waals surface area contributed by atoms with Gasteiger partial charge in [-0.05, 0) is 18.7 Å². The molecule has 0 spiro atoms. The first-order valence-corrected chi connectivity index (χ1v) is 7.98. The molecule has 0 aromatic carbocycles. The number of hydrogen-bond acceptors (Lipinski definition) is 5. The molecule has 24 heavy (non-hydrogen) atoms. The third kappa shape index (κ3) is 4.12. The number of esters is 1. The lowest BCUT2D eigenvalue weighted by Crippen LogP contribution is -2.32. The molecule has 4 atom stereocenters. The fourth-order valence-corrected chi connectivity index (χ4v) is 3.69. The van der Waals surface area contributed by atoms with Gasteiger partial charge in [0.1, 0.15) is 6.10 Å². The van der Waals surface area contributed by atoms with Crippen LogP contribution in [0, 0.1) is 11.8 Å². The Balaban J connectivity index is 1.97. The number of hydrogen-bond donors (Lipinski definition) is 1. The number of aliphatic hydroxyl groups excluding tert-OH is 1. The van der Waals surface area contributed by atoms with Crippen LogP contribution in [-0.2, 0) is 19.0 Å². The number of ether oxygens (including phenoxy) is 3. The van der Waals surface area contributed by atoms with Crippen molar-refractivity contribution in [1.82, 2.24) is 0 Å². The lowest BCUT2D eigenvalue weighted by molar-refractivity contribution is -0.171. The van der Waals surface area contributed by atoms with Crippen molar-refractivity contribution in [2.24, 2.45) is 11.8 Å². The van der Waals surface area contributed by atoms with Crippen molar-refractivity contribution >= 4 is 5.97 Å². The zero-order chi connectivity index (χ0) is 30.3. The molecule has 2 saturated heterocycles. The van der Waals surface area contributed by atoms with E-state index in [-0.39, 0.29) is 32.5 Å². The van der Waals surface area contributed by atoms with E-state index in [2.05, 4.69) is 0 Å². The highest BCUT2D eigenvalue weighted by Gasteiger charge is 2.50. The van der Waals surface area contributed by atoms with E-state index >= 15 is 0 Å². The van der Waals surface area contributed by atoms with Crippen LogP contribution in [0.3, 0.4) is 0 Å². The highest BCUT2D eigenvalue weighted by atomic mass is 16.7. The Morgan fingerprint density at radius 3 is 2.88 bits per heavy atom. The summed E-state index contributed by atoms with van der Waals surface area (Å²) >= 11 is 0. The van der Waals surface area contributed by atoms with Crippen molar-refractivity contribution in [3.63, 3.8) is 0 Å². The van der Waals surface area contributed by atoms with Crippen LogP contribution in [0.15, 0.2) is 0 Å². The van der Waals surface area contributed by atoms with Crippen molar-refractivity contribution in [3.8, 4) is 0 Å². The average Bonchev–Trinajstić information content (AvgIpc) is 3.46. The van der Waals surface area contributed by atoms with Crippen molar-refractivity contribution in [1.29, 1.82) is 0 Å². The minimum Gasteiger partial charge on any atom is -0.462 e. The number of rotatable bonds is 9. The molecule has 5 heteroatoms. The predicted octanol–water partition coefficient (Wildman–Crippen LogP) is 3.18. The minimum atomic E-state index is -4.25. The maximum atomic E-state index is 11.7. The first-order chi connectivity index (χ1) is 17.3. The molecule has 2 aliphatic heterocycles. The molecule has 3 aliphatic rings. The van der Waals surface area contributed by atoms with Gasteiger partial charge in [-0.15, -0.1) is 0 Å². The molecule has 0 radical (unpaired) electrons. The molecule has 0 aromatic heterocycles. The topological polar surface area (TPSA) is 65.0 Å². The maximum absolute atomic E-state index is 11.7. The summed E-state index contributed by atoms with van der Waals surface area (Å²) in [4.78, 5) is 11.7. The number of carbonyl (C=O) groups excluding carboxylic acids is 1. The van der Waals surface area contributed by atoms with Crippen LogP contribution >= 0.6 is 0 Å². The SMILES string of the molecule is [2H]C([2H])([2H])C([2H])([2H])C([2H])([2H])C([2H])([2H])C([2H])([2H])C([2H])([2H])C([2H])([2H])C1(CC[C@@H]2[C@H]3CC(=O)O[C@H]3C[C@H]2O)OCCO1. The number of fused-ring (bicyclic) bond motifs is 1. The van der Waals surface area contributed by atoms with Gasteiger partial charge in [-0.1, -0.05) is 32.3 Å². The molecule has 138 valence electrons. The van der Waals surface area contributed by atoms with Crippen molar-refractivity contribution in [2.75, 3.05) is 13.2 Å². The van der Waals surface area contributed by atoms with E-state index in [0.717, 1.165) is 0 Å². The first kappa shape index (κ1) is 7.16. The Hall–Kier alpha value is -0.650. The lowest BCUT2D eigenvalue weighted by Gasteiger charge is -2.30. The molecule has 0 bridgehead atoms. The summed E-state index contributed by atoms with van der Waals surface area (Å²) < 4.78 is 137. The summed E-state index contributed by atoms with van der Waals surface area (Å²) in [5.41, 5.74) is 0. The molecule has 1 N–H and O–H groups in total. The van der Waals surface area contributed by atoms with Crippen LogP contribution in [0.5, 0.6) is 0 Å². The Labute approximate surface area is 166 Å². The quantitative estimate of drug-likeness (QED) is 0.644. The molecule has 1 aliphatic carbocycles. The van der Waals surface area contributed by atoms with Crippen LogP contribution in [0.25, 0.3) is 0 Å². The Morgan fingerprint density at radius 2 is 2.08 bits per heavy atom. The van der Waals surface area contributed by atoms with Crippen molar-refractivity contribution < 1.29 is 44.7 Å². The predicted molar refractivity (Wildman–Crippen MR) is 89.3 cm³/mol. The van der Waals surface area contributed by atoms with Crippen molar-refractivity contribution in [2.45, 2.75) is 88.8 Å². The van der Waals surface area contributed by atoms with Crippen LogP contribution in [0.4, 0.5) is 0 Å². The fraction of sp³-hybridized carbons (Fsp3) is 0.947. The van der Waals surface area contributed by atoms with Gasteiger partial charge < -0.3 is 19.3 Å². The molecule has 0 amide bonds. The summed E-state index contributed by atoms with van der Waals surface area (Å²) in [6, 6.07) is 0. The van der Waals surface area contributed by atoms with Gasteiger partial charge in [-0.2, -0.15) is 0 Å². The largest absolute Gasteiger partial charge is 0.462 e. The van der Waals surface area contributed by atoms with E-state index in [4.69, 9.17) is 34.8 Å². The molecule has 0 unspecified atom stereocenters. The normalized spacial score (nSPS) is 47.9. The van der Waals surface area contributed by atoms with E-state index in [1.807, 2.05) is 0 Å². The molecule has 3 fully saturated rings. The second kappa shape index (κ2) is 8.15. The molecule has 5 nitrogen and oxygen atoms in total. The Bertz CT molecular complexity index is 944. The molecule has 2 heterocycles.